The normalized spacial score (nSPS) is 24.1. The molecule has 6 nitrogen and oxygen atoms in total. The first-order valence-corrected chi connectivity index (χ1v) is 9.56. The Morgan fingerprint density at radius 1 is 1.46 bits per heavy atom. The predicted molar refractivity (Wildman–Crippen MR) is 92.0 cm³/mol. The van der Waals surface area contributed by atoms with Crippen LogP contribution in [0.25, 0.3) is 0 Å². The Labute approximate surface area is 146 Å². The van der Waals surface area contributed by atoms with Crippen molar-refractivity contribution in [3.05, 3.63) is 16.1 Å². The van der Waals surface area contributed by atoms with Gasteiger partial charge in [0, 0.05) is 50.9 Å². The highest BCUT2D eigenvalue weighted by Gasteiger charge is 2.32. The number of hydrogen-bond donors (Lipinski definition) is 1. The number of nitrogens with one attached hydrogen (secondary N) is 1. The van der Waals surface area contributed by atoms with Gasteiger partial charge in [0.2, 0.25) is 11.8 Å². The third-order valence-electron chi connectivity index (χ3n) is 4.69. The topological polar surface area (TPSA) is 71.5 Å². The zero-order chi connectivity index (χ0) is 16.9. The second-order valence-electron chi connectivity index (χ2n) is 6.59. The van der Waals surface area contributed by atoms with Crippen molar-refractivity contribution in [2.24, 2.45) is 5.92 Å². The molecule has 7 heteroatoms. The number of hydrogen-bond acceptors (Lipinski definition) is 5. The third kappa shape index (κ3) is 4.33. The zero-order valence-corrected chi connectivity index (χ0v) is 14.9. The molecule has 0 bridgehead atoms. The molecule has 3 rings (SSSR count). The van der Waals surface area contributed by atoms with Gasteiger partial charge >= 0.3 is 0 Å². The maximum atomic E-state index is 12.6. The lowest BCUT2D eigenvalue weighted by Gasteiger charge is -2.33. The first kappa shape index (κ1) is 17.4. The molecule has 0 aromatic carbocycles. The molecule has 24 heavy (non-hydrogen) atoms. The number of likely N-dealkylation sites (tertiary alicyclic amines) is 1. The standard InChI is InChI=1S/C17H25N3O3S/c1-12(21)18-6-4-15-11-24-16(19-15)13-3-2-7-20(9-13)17(22)14-5-8-23-10-14/h11,13-14H,2-10H2,1H3,(H,18,21)/t13-,14-/m1/s1. The summed E-state index contributed by atoms with van der Waals surface area (Å²) in [4.78, 5) is 30.2. The first-order chi connectivity index (χ1) is 11.6. The van der Waals surface area contributed by atoms with Crippen LogP contribution in [0.4, 0.5) is 0 Å². The van der Waals surface area contributed by atoms with Crippen molar-refractivity contribution in [1.29, 1.82) is 0 Å². The van der Waals surface area contributed by atoms with Crippen molar-refractivity contribution in [1.82, 2.24) is 15.2 Å². The van der Waals surface area contributed by atoms with Crippen LogP contribution >= 0.6 is 11.3 Å². The Balaban J connectivity index is 1.55. The molecule has 0 saturated carbocycles. The summed E-state index contributed by atoms with van der Waals surface area (Å²) in [6, 6.07) is 0. The minimum absolute atomic E-state index is 0.0113. The van der Waals surface area contributed by atoms with Gasteiger partial charge in [-0.15, -0.1) is 11.3 Å². The predicted octanol–water partition coefficient (Wildman–Crippen LogP) is 1.56. The molecular formula is C17H25N3O3S. The summed E-state index contributed by atoms with van der Waals surface area (Å²) in [7, 11) is 0. The van der Waals surface area contributed by atoms with E-state index in [-0.39, 0.29) is 17.7 Å². The van der Waals surface area contributed by atoms with Crippen molar-refractivity contribution in [3.63, 3.8) is 0 Å². The number of rotatable bonds is 5. The number of nitrogens with zero attached hydrogens (tertiary/aromatic N) is 2. The number of carbonyl (C=O) groups is 2. The summed E-state index contributed by atoms with van der Waals surface area (Å²) in [5.41, 5.74) is 1.02. The molecular weight excluding hydrogens is 326 g/mol. The van der Waals surface area contributed by atoms with Crippen molar-refractivity contribution < 1.29 is 14.3 Å². The van der Waals surface area contributed by atoms with Gasteiger partial charge in [0.05, 0.1) is 23.2 Å². The van der Waals surface area contributed by atoms with Crippen LogP contribution in [0.2, 0.25) is 0 Å². The van der Waals surface area contributed by atoms with Gasteiger partial charge < -0.3 is 15.0 Å². The van der Waals surface area contributed by atoms with E-state index in [0.717, 1.165) is 49.5 Å². The lowest BCUT2D eigenvalue weighted by atomic mass is 9.97. The molecule has 2 aliphatic heterocycles. The average molecular weight is 351 g/mol. The van der Waals surface area contributed by atoms with Crippen molar-refractivity contribution in [2.45, 2.75) is 38.5 Å². The number of piperidine rings is 1. The Morgan fingerprint density at radius 3 is 3.08 bits per heavy atom. The van der Waals surface area contributed by atoms with Crippen LogP contribution in [0.5, 0.6) is 0 Å². The molecule has 1 aromatic heterocycles. The number of thiazole rings is 1. The van der Waals surface area contributed by atoms with E-state index in [0.29, 0.717) is 25.7 Å². The molecule has 2 aliphatic rings. The van der Waals surface area contributed by atoms with Gasteiger partial charge in [-0.05, 0) is 19.3 Å². The number of carbonyl (C=O) groups excluding carboxylic acids is 2. The van der Waals surface area contributed by atoms with Crippen LogP contribution in [0.1, 0.15) is 42.8 Å². The zero-order valence-electron chi connectivity index (χ0n) is 14.1. The fraction of sp³-hybridized carbons (Fsp3) is 0.706. The van der Waals surface area contributed by atoms with Gasteiger partial charge in [-0.1, -0.05) is 0 Å². The lowest BCUT2D eigenvalue weighted by molar-refractivity contribution is -0.136. The molecule has 0 unspecified atom stereocenters. The molecule has 0 radical (unpaired) electrons. The third-order valence-corrected chi connectivity index (χ3v) is 5.74. The van der Waals surface area contributed by atoms with E-state index in [1.54, 1.807) is 11.3 Å². The Morgan fingerprint density at radius 2 is 2.33 bits per heavy atom. The minimum Gasteiger partial charge on any atom is -0.381 e. The average Bonchev–Trinajstić information content (AvgIpc) is 3.26. The molecule has 0 spiro atoms. The van der Waals surface area contributed by atoms with Gasteiger partial charge in [-0.3, -0.25) is 9.59 Å². The molecule has 2 atom stereocenters. The number of aromatic nitrogens is 1. The maximum absolute atomic E-state index is 12.6. The second kappa shape index (κ2) is 8.07. The van der Waals surface area contributed by atoms with Crippen LogP contribution in [-0.4, -0.2) is 54.5 Å². The fourth-order valence-electron chi connectivity index (χ4n) is 3.36. The molecule has 2 fully saturated rings. The van der Waals surface area contributed by atoms with Crippen molar-refractivity contribution in [3.8, 4) is 0 Å². The fourth-order valence-corrected chi connectivity index (χ4v) is 4.34. The van der Waals surface area contributed by atoms with Gasteiger partial charge in [-0.2, -0.15) is 0 Å². The Bertz CT molecular complexity index is 583. The van der Waals surface area contributed by atoms with Crippen LogP contribution in [-0.2, 0) is 20.7 Å². The second-order valence-corrected chi connectivity index (χ2v) is 7.48. The highest BCUT2D eigenvalue weighted by Crippen LogP contribution is 2.30. The van der Waals surface area contributed by atoms with Crippen LogP contribution < -0.4 is 5.32 Å². The van der Waals surface area contributed by atoms with E-state index in [1.165, 1.54) is 6.92 Å². The monoisotopic (exact) mass is 351 g/mol. The summed E-state index contributed by atoms with van der Waals surface area (Å²) < 4.78 is 5.35. The summed E-state index contributed by atoms with van der Waals surface area (Å²) in [5.74, 6) is 0.625. The van der Waals surface area contributed by atoms with Crippen LogP contribution in [0.15, 0.2) is 5.38 Å². The molecule has 132 valence electrons. The van der Waals surface area contributed by atoms with Gasteiger partial charge in [0.25, 0.3) is 0 Å². The van der Waals surface area contributed by atoms with Gasteiger partial charge in [-0.25, -0.2) is 4.98 Å². The quantitative estimate of drug-likeness (QED) is 0.874. The van der Waals surface area contributed by atoms with Crippen LogP contribution in [0.3, 0.4) is 0 Å². The van der Waals surface area contributed by atoms with E-state index in [9.17, 15) is 9.59 Å². The van der Waals surface area contributed by atoms with E-state index in [1.807, 2.05) is 4.90 Å². The Hall–Kier alpha value is -1.47. The summed E-state index contributed by atoms with van der Waals surface area (Å²) in [5, 5.41) is 5.99. The SMILES string of the molecule is CC(=O)NCCc1csc([C@@H]2CCCN(C(=O)[C@@H]3CCOC3)C2)n1. The summed E-state index contributed by atoms with van der Waals surface area (Å²) >= 11 is 1.67. The van der Waals surface area contributed by atoms with Crippen LogP contribution in [0, 0.1) is 5.92 Å². The summed E-state index contributed by atoms with van der Waals surface area (Å²) in [6.45, 7) is 5.05. The largest absolute Gasteiger partial charge is 0.381 e. The number of ether oxygens (including phenoxy) is 1. The van der Waals surface area contributed by atoms with E-state index >= 15 is 0 Å². The molecule has 0 aliphatic carbocycles. The lowest BCUT2D eigenvalue weighted by Crippen LogP contribution is -2.42. The molecule has 1 aromatic rings. The smallest absolute Gasteiger partial charge is 0.228 e. The van der Waals surface area contributed by atoms with Gasteiger partial charge in [0.1, 0.15) is 0 Å². The van der Waals surface area contributed by atoms with Crippen molar-refractivity contribution in [2.75, 3.05) is 32.8 Å². The van der Waals surface area contributed by atoms with E-state index in [4.69, 9.17) is 9.72 Å². The Kier molecular flexibility index (Phi) is 5.84. The first-order valence-electron chi connectivity index (χ1n) is 8.68. The summed E-state index contributed by atoms with van der Waals surface area (Å²) in [6.07, 6.45) is 3.73. The van der Waals surface area contributed by atoms with E-state index < -0.39 is 0 Å². The van der Waals surface area contributed by atoms with E-state index in [2.05, 4.69) is 10.7 Å². The molecule has 2 amide bonds. The van der Waals surface area contributed by atoms with Gasteiger partial charge in [0.15, 0.2) is 0 Å². The molecule has 3 heterocycles. The highest BCUT2D eigenvalue weighted by molar-refractivity contribution is 7.09. The molecule has 1 N–H and O–H groups in total. The molecule has 2 saturated heterocycles. The maximum Gasteiger partial charge on any atom is 0.228 e. The van der Waals surface area contributed by atoms with Crippen molar-refractivity contribution >= 4 is 23.2 Å². The highest BCUT2D eigenvalue weighted by atomic mass is 32.1. The minimum atomic E-state index is -0.0113. The number of amides is 2.